The van der Waals surface area contributed by atoms with E-state index in [1.807, 2.05) is 43.3 Å². The molecule has 1 aliphatic heterocycles. The fraction of sp³-hybridized carbons (Fsp3) is 0.455. The maximum absolute atomic E-state index is 12.3. The molecule has 0 saturated carbocycles. The highest BCUT2D eigenvalue weighted by atomic mass is 32.2. The van der Waals surface area contributed by atoms with Gasteiger partial charge in [-0.1, -0.05) is 48.5 Å². The first-order valence-electron chi connectivity index (χ1n) is 10.1. The van der Waals surface area contributed by atoms with Crippen molar-refractivity contribution in [3.8, 4) is 0 Å². The number of hydrogen-bond donors (Lipinski definition) is 1. The molecule has 0 spiro atoms. The summed E-state index contributed by atoms with van der Waals surface area (Å²) in [7, 11) is -3.25. The van der Waals surface area contributed by atoms with Crippen LogP contribution in [0.3, 0.4) is 0 Å². The van der Waals surface area contributed by atoms with Gasteiger partial charge in [0.2, 0.25) is 10.0 Å². The van der Waals surface area contributed by atoms with Gasteiger partial charge in [-0.2, -0.15) is 0 Å². The molecule has 0 radical (unpaired) electrons. The highest BCUT2D eigenvalue weighted by molar-refractivity contribution is 7.89. The number of anilines is 1. The maximum atomic E-state index is 12.3. The molecule has 0 bridgehead atoms. The van der Waals surface area contributed by atoms with Crippen molar-refractivity contribution in [2.45, 2.75) is 25.8 Å². The number of rotatable bonds is 9. The second-order valence-electron chi connectivity index (χ2n) is 7.53. The summed E-state index contributed by atoms with van der Waals surface area (Å²) in [5, 5.41) is 0. The first-order valence-corrected chi connectivity index (χ1v) is 11.7. The molecule has 1 atom stereocenters. The predicted molar refractivity (Wildman–Crippen MR) is 116 cm³/mol. The number of sulfonamides is 1. The lowest BCUT2D eigenvalue weighted by molar-refractivity contribution is 0.248. The monoisotopic (exact) mass is 401 g/mol. The number of para-hydroxylation sites is 1. The normalized spacial score (nSPS) is 16.8. The van der Waals surface area contributed by atoms with Crippen molar-refractivity contribution in [1.29, 1.82) is 0 Å². The summed E-state index contributed by atoms with van der Waals surface area (Å²) in [5.74, 6) is 0.136. The van der Waals surface area contributed by atoms with Gasteiger partial charge in [-0.05, 0) is 44.0 Å². The molecular weight excluding hydrogens is 370 g/mol. The second-order valence-corrected chi connectivity index (χ2v) is 9.40. The molecular formula is C22H31N3O2S. The lowest BCUT2D eigenvalue weighted by Crippen LogP contribution is -2.47. The summed E-state index contributed by atoms with van der Waals surface area (Å²) in [6.07, 6.45) is 1.38. The van der Waals surface area contributed by atoms with Crippen molar-refractivity contribution >= 4 is 15.7 Å². The minimum Gasteiger partial charge on any atom is -0.369 e. The number of benzene rings is 2. The van der Waals surface area contributed by atoms with Crippen LogP contribution >= 0.6 is 0 Å². The van der Waals surface area contributed by atoms with E-state index in [9.17, 15) is 8.42 Å². The number of nitrogens with one attached hydrogen (secondary N) is 1. The number of hydrogen-bond acceptors (Lipinski definition) is 4. The minimum atomic E-state index is -3.25. The van der Waals surface area contributed by atoms with Gasteiger partial charge in [-0.3, -0.25) is 4.90 Å². The van der Waals surface area contributed by atoms with Gasteiger partial charge in [0.1, 0.15) is 0 Å². The fourth-order valence-electron chi connectivity index (χ4n) is 3.57. The van der Waals surface area contributed by atoms with Gasteiger partial charge in [0.05, 0.1) is 5.75 Å². The van der Waals surface area contributed by atoms with Crippen molar-refractivity contribution in [2.75, 3.05) is 43.4 Å². The quantitative estimate of drug-likeness (QED) is 0.702. The molecule has 0 aliphatic carbocycles. The molecule has 0 unspecified atom stereocenters. The Morgan fingerprint density at radius 2 is 1.54 bits per heavy atom. The van der Waals surface area contributed by atoms with E-state index >= 15 is 0 Å². The van der Waals surface area contributed by atoms with Crippen molar-refractivity contribution in [3.05, 3.63) is 66.2 Å². The van der Waals surface area contributed by atoms with Crippen molar-refractivity contribution in [1.82, 2.24) is 9.62 Å². The average Bonchev–Trinajstić information content (AvgIpc) is 2.72. The van der Waals surface area contributed by atoms with Gasteiger partial charge >= 0.3 is 0 Å². The molecule has 0 aromatic heterocycles. The van der Waals surface area contributed by atoms with Gasteiger partial charge in [0, 0.05) is 37.9 Å². The Morgan fingerprint density at radius 1 is 0.929 bits per heavy atom. The van der Waals surface area contributed by atoms with E-state index in [1.165, 1.54) is 5.69 Å². The van der Waals surface area contributed by atoms with Gasteiger partial charge < -0.3 is 4.90 Å². The highest BCUT2D eigenvalue weighted by Crippen LogP contribution is 2.15. The molecule has 2 aromatic carbocycles. The van der Waals surface area contributed by atoms with Crippen LogP contribution in [-0.4, -0.2) is 57.8 Å². The molecule has 0 amide bonds. The van der Waals surface area contributed by atoms with E-state index in [0.29, 0.717) is 6.42 Å². The summed E-state index contributed by atoms with van der Waals surface area (Å²) in [5.41, 5.74) is 2.33. The molecule has 28 heavy (non-hydrogen) atoms. The third-order valence-corrected chi connectivity index (χ3v) is 6.76. The van der Waals surface area contributed by atoms with Crippen LogP contribution in [0.15, 0.2) is 60.7 Å². The third-order valence-electron chi connectivity index (χ3n) is 5.26. The zero-order valence-electron chi connectivity index (χ0n) is 16.6. The standard InChI is InChI=1S/C22H31N3O2S/c1-20(23-28(26,27)19-13-21-8-4-2-5-9-21)12-14-24-15-17-25(18-16-24)22-10-6-3-7-11-22/h2-11,20,23H,12-19H2,1H3/t20-/m0/s1. The Balaban J connectivity index is 1.36. The van der Waals surface area contributed by atoms with Crippen molar-refractivity contribution in [2.24, 2.45) is 0 Å². The maximum Gasteiger partial charge on any atom is 0.212 e. The smallest absolute Gasteiger partial charge is 0.212 e. The highest BCUT2D eigenvalue weighted by Gasteiger charge is 2.19. The Morgan fingerprint density at radius 3 is 2.18 bits per heavy atom. The van der Waals surface area contributed by atoms with Crippen LogP contribution in [0, 0.1) is 0 Å². The molecule has 1 heterocycles. The molecule has 1 aliphatic rings. The number of aryl methyl sites for hydroxylation is 1. The summed E-state index contributed by atoms with van der Waals surface area (Å²) in [4.78, 5) is 4.83. The van der Waals surface area contributed by atoms with Crippen LogP contribution in [0.4, 0.5) is 5.69 Å². The van der Waals surface area contributed by atoms with Crippen molar-refractivity contribution in [3.63, 3.8) is 0 Å². The van der Waals surface area contributed by atoms with Gasteiger partial charge in [0.15, 0.2) is 0 Å². The van der Waals surface area contributed by atoms with E-state index in [4.69, 9.17) is 0 Å². The average molecular weight is 402 g/mol. The molecule has 2 aromatic rings. The predicted octanol–water partition coefficient (Wildman–Crippen LogP) is 2.75. The SMILES string of the molecule is C[C@@H](CCN1CCN(c2ccccc2)CC1)NS(=O)(=O)CCc1ccccc1. The molecule has 1 saturated heterocycles. The lowest BCUT2D eigenvalue weighted by Gasteiger charge is -2.36. The Hall–Kier alpha value is -1.89. The molecule has 3 rings (SSSR count). The van der Waals surface area contributed by atoms with E-state index in [1.54, 1.807) is 0 Å². The van der Waals surface area contributed by atoms with Crippen LogP contribution < -0.4 is 9.62 Å². The van der Waals surface area contributed by atoms with Crippen LogP contribution in [0.2, 0.25) is 0 Å². The minimum absolute atomic E-state index is 0.0482. The van der Waals surface area contributed by atoms with E-state index in [2.05, 4.69) is 38.8 Å². The number of piperazine rings is 1. The van der Waals surface area contributed by atoms with Crippen LogP contribution in [0.1, 0.15) is 18.9 Å². The summed E-state index contributed by atoms with van der Waals surface area (Å²) in [6, 6.07) is 20.2. The summed E-state index contributed by atoms with van der Waals surface area (Å²) in [6.45, 7) is 6.94. The van der Waals surface area contributed by atoms with E-state index in [0.717, 1.165) is 44.7 Å². The number of nitrogens with zero attached hydrogens (tertiary/aromatic N) is 2. The zero-order valence-corrected chi connectivity index (χ0v) is 17.4. The van der Waals surface area contributed by atoms with Gasteiger partial charge in [0.25, 0.3) is 0 Å². The summed E-state index contributed by atoms with van der Waals surface area (Å²) < 4.78 is 27.5. The molecule has 1 N–H and O–H groups in total. The zero-order chi connectivity index (χ0) is 19.8. The lowest BCUT2D eigenvalue weighted by atomic mass is 10.2. The van der Waals surface area contributed by atoms with E-state index < -0.39 is 10.0 Å². The topological polar surface area (TPSA) is 52.6 Å². The first kappa shape index (κ1) is 20.8. The molecule has 5 nitrogen and oxygen atoms in total. The van der Waals surface area contributed by atoms with E-state index in [-0.39, 0.29) is 11.8 Å². The second kappa shape index (κ2) is 10.0. The van der Waals surface area contributed by atoms with Crippen LogP contribution in [-0.2, 0) is 16.4 Å². The Kier molecular flexibility index (Phi) is 7.48. The molecule has 1 fully saturated rings. The third kappa shape index (κ3) is 6.62. The van der Waals surface area contributed by atoms with Crippen molar-refractivity contribution < 1.29 is 8.42 Å². The van der Waals surface area contributed by atoms with Crippen LogP contribution in [0.25, 0.3) is 0 Å². The van der Waals surface area contributed by atoms with Gasteiger partial charge in [-0.25, -0.2) is 13.1 Å². The first-order chi connectivity index (χ1) is 13.5. The Labute approximate surface area is 169 Å². The van der Waals surface area contributed by atoms with Crippen LogP contribution in [0.5, 0.6) is 0 Å². The Bertz CT molecular complexity index is 804. The summed E-state index contributed by atoms with van der Waals surface area (Å²) >= 11 is 0. The fourth-order valence-corrected chi connectivity index (χ4v) is 4.92. The molecule has 6 heteroatoms. The largest absolute Gasteiger partial charge is 0.369 e. The molecule has 152 valence electrons. The van der Waals surface area contributed by atoms with Gasteiger partial charge in [-0.15, -0.1) is 0 Å².